The molecule has 2 rings (SSSR count). The van der Waals surface area contributed by atoms with E-state index in [1.807, 2.05) is 30.5 Å². The monoisotopic (exact) mass is 249 g/mol. The van der Waals surface area contributed by atoms with Crippen LogP contribution in [0.5, 0.6) is 0 Å². The summed E-state index contributed by atoms with van der Waals surface area (Å²) in [6.07, 6.45) is 2.00. The minimum Gasteiger partial charge on any atom is -0.476 e. The Bertz CT molecular complexity index is 545. The van der Waals surface area contributed by atoms with E-state index in [1.165, 1.54) is 0 Å². The van der Waals surface area contributed by atoms with Crippen LogP contribution >= 0.6 is 11.8 Å². The Kier molecular flexibility index (Phi) is 3.19. The zero-order valence-electron chi connectivity index (χ0n) is 9.43. The highest BCUT2D eigenvalue weighted by Crippen LogP contribution is 2.27. The molecule has 0 saturated carbocycles. The van der Waals surface area contributed by atoms with Crippen molar-refractivity contribution in [1.29, 1.82) is 0 Å². The highest BCUT2D eigenvalue weighted by molar-refractivity contribution is 7.98. The predicted molar refractivity (Wildman–Crippen MR) is 65.4 cm³/mol. The summed E-state index contributed by atoms with van der Waals surface area (Å²) in [6.45, 7) is 1.69. The second-order valence-electron chi connectivity index (χ2n) is 3.52. The molecule has 1 heterocycles. The summed E-state index contributed by atoms with van der Waals surface area (Å²) in [5, 5.41) is 12.4. The Balaban J connectivity index is 2.42. The van der Waals surface area contributed by atoms with Gasteiger partial charge in [-0.25, -0.2) is 4.79 Å². The van der Waals surface area contributed by atoms with E-state index in [2.05, 4.69) is 5.16 Å². The van der Waals surface area contributed by atoms with Gasteiger partial charge in [0.2, 0.25) is 0 Å². The molecular weight excluding hydrogens is 238 g/mol. The first kappa shape index (κ1) is 11.7. The number of hydrogen-bond donors (Lipinski definition) is 1. The average Bonchev–Trinajstić information content (AvgIpc) is 2.71. The van der Waals surface area contributed by atoms with E-state index >= 15 is 0 Å². The van der Waals surface area contributed by atoms with Crippen molar-refractivity contribution in [1.82, 2.24) is 5.16 Å². The number of carbonyl (C=O) groups is 1. The quantitative estimate of drug-likeness (QED) is 0.847. The molecule has 1 aromatic carbocycles. The van der Waals surface area contributed by atoms with E-state index in [0.717, 1.165) is 10.5 Å². The van der Waals surface area contributed by atoms with Crippen molar-refractivity contribution in [2.24, 2.45) is 0 Å². The molecule has 0 amide bonds. The van der Waals surface area contributed by atoms with Gasteiger partial charge in [-0.1, -0.05) is 17.3 Å². The molecule has 0 bridgehead atoms. The molecule has 17 heavy (non-hydrogen) atoms. The molecule has 0 aliphatic rings. The van der Waals surface area contributed by atoms with Crippen molar-refractivity contribution >= 4 is 17.7 Å². The number of benzene rings is 1. The van der Waals surface area contributed by atoms with Crippen LogP contribution in [0.25, 0.3) is 11.3 Å². The topological polar surface area (TPSA) is 63.3 Å². The number of hydrogen-bond acceptors (Lipinski definition) is 4. The Morgan fingerprint density at radius 2 is 2.00 bits per heavy atom. The van der Waals surface area contributed by atoms with Gasteiger partial charge >= 0.3 is 5.97 Å². The molecule has 0 spiro atoms. The molecule has 2 aromatic rings. The van der Waals surface area contributed by atoms with Gasteiger partial charge < -0.3 is 9.63 Å². The van der Waals surface area contributed by atoms with Crippen molar-refractivity contribution in [2.75, 3.05) is 6.26 Å². The number of carboxylic acids is 1. The van der Waals surface area contributed by atoms with Gasteiger partial charge in [0.25, 0.3) is 0 Å². The SMILES string of the molecule is CSc1ccc(-c2onc(C(=O)O)c2C)cc1. The molecule has 0 atom stereocenters. The van der Waals surface area contributed by atoms with E-state index < -0.39 is 5.97 Å². The third-order valence-corrected chi connectivity index (χ3v) is 3.22. The number of aromatic nitrogens is 1. The maximum Gasteiger partial charge on any atom is 0.358 e. The van der Waals surface area contributed by atoms with Gasteiger partial charge in [0.1, 0.15) is 0 Å². The third-order valence-electron chi connectivity index (χ3n) is 2.48. The molecule has 5 heteroatoms. The fraction of sp³-hybridized carbons (Fsp3) is 0.167. The lowest BCUT2D eigenvalue weighted by Gasteiger charge is -1.99. The molecule has 0 fully saturated rings. The molecule has 88 valence electrons. The number of thioether (sulfide) groups is 1. The van der Waals surface area contributed by atoms with Crippen molar-refractivity contribution in [3.63, 3.8) is 0 Å². The van der Waals surface area contributed by atoms with Crippen LogP contribution in [0.1, 0.15) is 16.1 Å². The zero-order chi connectivity index (χ0) is 12.4. The highest BCUT2D eigenvalue weighted by Gasteiger charge is 2.18. The molecule has 0 unspecified atom stereocenters. The first-order valence-electron chi connectivity index (χ1n) is 4.97. The number of aromatic carboxylic acids is 1. The van der Waals surface area contributed by atoms with Crippen molar-refractivity contribution in [2.45, 2.75) is 11.8 Å². The van der Waals surface area contributed by atoms with Gasteiger partial charge in [0.15, 0.2) is 11.5 Å². The predicted octanol–water partition coefficient (Wildman–Crippen LogP) is 3.07. The van der Waals surface area contributed by atoms with Crippen LogP contribution in [0.4, 0.5) is 0 Å². The van der Waals surface area contributed by atoms with Gasteiger partial charge in [-0.15, -0.1) is 11.8 Å². The van der Waals surface area contributed by atoms with E-state index in [4.69, 9.17) is 9.63 Å². The van der Waals surface area contributed by atoms with E-state index in [9.17, 15) is 4.79 Å². The summed E-state index contributed by atoms with van der Waals surface area (Å²) in [6, 6.07) is 7.71. The normalized spacial score (nSPS) is 10.5. The van der Waals surface area contributed by atoms with Crippen LogP contribution in [0.3, 0.4) is 0 Å². The molecule has 0 radical (unpaired) electrons. The zero-order valence-corrected chi connectivity index (χ0v) is 10.2. The van der Waals surface area contributed by atoms with Gasteiger partial charge in [0.05, 0.1) is 0 Å². The lowest BCUT2D eigenvalue weighted by Crippen LogP contribution is -1.98. The maximum absolute atomic E-state index is 10.8. The Labute approximate surface area is 103 Å². The number of nitrogens with zero attached hydrogens (tertiary/aromatic N) is 1. The molecule has 0 saturated heterocycles. The first-order chi connectivity index (χ1) is 8.13. The van der Waals surface area contributed by atoms with Crippen LogP contribution < -0.4 is 0 Å². The summed E-state index contributed by atoms with van der Waals surface area (Å²) >= 11 is 1.65. The smallest absolute Gasteiger partial charge is 0.358 e. The van der Waals surface area contributed by atoms with E-state index in [-0.39, 0.29) is 5.69 Å². The van der Waals surface area contributed by atoms with Gasteiger partial charge in [0, 0.05) is 16.0 Å². The van der Waals surface area contributed by atoms with Crippen molar-refractivity contribution in [3.8, 4) is 11.3 Å². The second kappa shape index (κ2) is 4.63. The Morgan fingerprint density at radius 1 is 1.35 bits per heavy atom. The van der Waals surface area contributed by atoms with Crippen LogP contribution in [-0.4, -0.2) is 22.5 Å². The Morgan fingerprint density at radius 3 is 2.47 bits per heavy atom. The number of rotatable bonds is 3. The molecule has 0 aliphatic carbocycles. The first-order valence-corrected chi connectivity index (χ1v) is 6.20. The molecular formula is C12H11NO3S. The molecule has 1 aromatic heterocycles. The summed E-state index contributed by atoms with van der Waals surface area (Å²) < 4.78 is 5.08. The van der Waals surface area contributed by atoms with Crippen LogP contribution in [0.2, 0.25) is 0 Å². The van der Waals surface area contributed by atoms with Crippen molar-refractivity contribution < 1.29 is 14.4 Å². The van der Waals surface area contributed by atoms with Crippen LogP contribution in [0, 0.1) is 6.92 Å². The molecule has 0 aliphatic heterocycles. The Hall–Kier alpha value is -1.75. The summed E-state index contributed by atoms with van der Waals surface area (Å²) in [5.41, 5.74) is 1.35. The van der Waals surface area contributed by atoms with Gasteiger partial charge in [-0.05, 0) is 25.3 Å². The molecule has 1 N–H and O–H groups in total. The van der Waals surface area contributed by atoms with Crippen LogP contribution in [-0.2, 0) is 0 Å². The largest absolute Gasteiger partial charge is 0.476 e. The lowest BCUT2D eigenvalue weighted by atomic mass is 10.1. The summed E-state index contributed by atoms with van der Waals surface area (Å²) in [5.74, 6) is -0.562. The second-order valence-corrected chi connectivity index (χ2v) is 4.40. The molecule has 4 nitrogen and oxygen atoms in total. The maximum atomic E-state index is 10.8. The summed E-state index contributed by atoms with van der Waals surface area (Å²) in [4.78, 5) is 12.0. The fourth-order valence-electron chi connectivity index (χ4n) is 1.55. The van der Waals surface area contributed by atoms with Gasteiger partial charge in [-0.3, -0.25) is 0 Å². The van der Waals surface area contributed by atoms with E-state index in [0.29, 0.717) is 11.3 Å². The average molecular weight is 249 g/mol. The lowest BCUT2D eigenvalue weighted by molar-refractivity contribution is 0.0685. The summed E-state index contributed by atoms with van der Waals surface area (Å²) in [7, 11) is 0. The fourth-order valence-corrected chi connectivity index (χ4v) is 1.96. The standard InChI is InChI=1S/C12H11NO3S/c1-7-10(12(14)15)13-16-11(7)8-3-5-9(17-2)6-4-8/h3-6H,1-2H3,(H,14,15). The van der Waals surface area contributed by atoms with Crippen molar-refractivity contribution in [3.05, 3.63) is 35.5 Å². The number of carboxylic acid groups (broad SMARTS) is 1. The third kappa shape index (κ3) is 2.19. The highest BCUT2D eigenvalue weighted by atomic mass is 32.2. The van der Waals surface area contributed by atoms with Crippen LogP contribution in [0.15, 0.2) is 33.7 Å². The minimum absolute atomic E-state index is 0.0334. The van der Waals surface area contributed by atoms with E-state index in [1.54, 1.807) is 18.7 Å². The minimum atomic E-state index is -1.07. The van der Waals surface area contributed by atoms with Gasteiger partial charge in [-0.2, -0.15) is 0 Å².